The Labute approximate surface area is 407 Å². The fourth-order valence-corrected chi connectivity index (χ4v) is 8.94. The first-order valence-electron chi connectivity index (χ1n) is 26.6. The molecule has 0 aromatic heterocycles. The van der Waals surface area contributed by atoms with Crippen LogP contribution in [-0.4, -0.2) is 98.9 Å². The number of hydrogen-bond donors (Lipinski definition) is 6. The summed E-state index contributed by atoms with van der Waals surface area (Å²) in [5, 5.41) is 50.3. The van der Waals surface area contributed by atoms with Crippen LogP contribution in [0.2, 0.25) is 0 Å². The van der Waals surface area contributed by atoms with Crippen molar-refractivity contribution in [3.8, 4) is 0 Å². The third-order valence-electron chi connectivity index (χ3n) is 12.2. The molecule has 6 unspecified atom stereocenters. The molecule has 1 rings (SSSR count). The summed E-state index contributed by atoms with van der Waals surface area (Å²) in [5.41, 5.74) is 0. The summed E-state index contributed by atoms with van der Waals surface area (Å²) in [4.78, 5) is 23.3. The molecule has 67 heavy (non-hydrogen) atoms. The highest BCUT2D eigenvalue weighted by Gasteiger charge is 2.51. The maximum atomic E-state index is 12.9. The van der Waals surface area contributed by atoms with Crippen molar-refractivity contribution in [3.63, 3.8) is 0 Å². The molecule has 0 heterocycles. The van der Waals surface area contributed by atoms with Crippen molar-refractivity contribution in [3.05, 3.63) is 60.8 Å². The summed E-state index contributed by atoms with van der Waals surface area (Å²) in [6.45, 7) is 4.07. The quantitative estimate of drug-likeness (QED) is 0.0147. The minimum absolute atomic E-state index is 0.106. The Kier molecular flexibility index (Phi) is 41.4. The number of unbranched alkanes of at least 4 members (excludes halogenated alkanes) is 23. The first-order valence-corrected chi connectivity index (χ1v) is 28.1. The van der Waals surface area contributed by atoms with Gasteiger partial charge in [0.25, 0.3) is 0 Å². The molecule has 1 saturated carbocycles. The van der Waals surface area contributed by atoms with Gasteiger partial charge in [-0.25, -0.2) is 4.57 Å². The van der Waals surface area contributed by atoms with Gasteiger partial charge in [-0.3, -0.25) is 13.8 Å². The van der Waals surface area contributed by atoms with Gasteiger partial charge in [0.15, 0.2) is 0 Å². The highest BCUT2D eigenvalue weighted by molar-refractivity contribution is 7.47. The van der Waals surface area contributed by atoms with Crippen molar-refractivity contribution in [2.75, 3.05) is 19.8 Å². The predicted molar refractivity (Wildman–Crippen MR) is 272 cm³/mol. The van der Waals surface area contributed by atoms with Gasteiger partial charge in [0.2, 0.25) is 0 Å². The molecule has 0 spiro atoms. The molecule has 0 aliphatic heterocycles. The molecule has 13 heteroatoms. The molecular weight excluding hydrogens is 872 g/mol. The molecule has 0 amide bonds. The molecule has 0 aromatic rings. The zero-order chi connectivity index (χ0) is 49.1. The Balaban J connectivity index is 2.34. The van der Waals surface area contributed by atoms with Crippen LogP contribution in [0.15, 0.2) is 60.8 Å². The van der Waals surface area contributed by atoms with Crippen LogP contribution in [0.4, 0.5) is 0 Å². The van der Waals surface area contributed by atoms with Crippen LogP contribution >= 0.6 is 7.82 Å². The molecule has 12 nitrogen and oxygen atoms in total. The van der Waals surface area contributed by atoms with Crippen LogP contribution in [0, 0.1) is 0 Å². The van der Waals surface area contributed by atoms with Gasteiger partial charge in [0.05, 0.1) is 13.2 Å². The van der Waals surface area contributed by atoms with Crippen molar-refractivity contribution in [1.29, 1.82) is 0 Å². The highest BCUT2D eigenvalue weighted by Crippen LogP contribution is 2.47. The number of aliphatic hydroxyl groups excluding tert-OH is 5. The molecule has 1 aliphatic carbocycles. The van der Waals surface area contributed by atoms with E-state index in [4.69, 9.17) is 18.5 Å². The normalized spacial score (nSPS) is 21.7. The lowest BCUT2D eigenvalue weighted by Crippen LogP contribution is -2.64. The average Bonchev–Trinajstić information content (AvgIpc) is 3.31. The predicted octanol–water partition coefficient (Wildman–Crippen LogP) is 12.1. The van der Waals surface area contributed by atoms with E-state index in [1.807, 2.05) is 0 Å². The van der Waals surface area contributed by atoms with Crippen LogP contribution in [0.5, 0.6) is 0 Å². The monoisotopic (exact) mass is 969 g/mol. The van der Waals surface area contributed by atoms with E-state index >= 15 is 0 Å². The Bertz CT molecular complexity index is 1340. The summed E-state index contributed by atoms with van der Waals surface area (Å²) in [7, 11) is -5.04. The maximum absolute atomic E-state index is 12.9. The van der Waals surface area contributed by atoms with Gasteiger partial charge < -0.3 is 39.9 Å². The lowest BCUT2D eigenvalue weighted by atomic mass is 9.85. The number of phosphoric acid groups is 1. The first kappa shape index (κ1) is 63.1. The van der Waals surface area contributed by atoms with E-state index < -0.39 is 63.1 Å². The average molecular weight is 969 g/mol. The second kappa shape index (κ2) is 44.0. The van der Waals surface area contributed by atoms with Gasteiger partial charge in [-0.2, -0.15) is 0 Å². The van der Waals surface area contributed by atoms with Crippen molar-refractivity contribution in [1.82, 2.24) is 0 Å². The van der Waals surface area contributed by atoms with Crippen LogP contribution in [-0.2, 0) is 27.9 Å². The van der Waals surface area contributed by atoms with E-state index in [1.54, 1.807) is 0 Å². The smallest absolute Gasteiger partial charge is 0.457 e. The fraction of sp³-hybridized carbons (Fsp3) is 0.796. The third-order valence-corrected chi connectivity index (χ3v) is 13.1. The number of aliphatic hydroxyl groups is 5. The molecule has 390 valence electrons. The number of phosphoric ester groups is 1. The molecular formula is C54H97O12P. The summed E-state index contributed by atoms with van der Waals surface area (Å²) < 4.78 is 34.3. The van der Waals surface area contributed by atoms with Crippen LogP contribution in [0.1, 0.15) is 213 Å². The van der Waals surface area contributed by atoms with E-state index in [0.29, 0.717) is 13.0 Å². The zero-order valence-electron chi connectivity index (χ0n) is 41.9. The summed E-state index contributed by atoms with van der Waals surface area (Å²) in [6.07, 6.45) is 44.4. The number of carbonyl (C=O) groups excluding carboxylic acids is 1. The molecule has 0 saturated heterocycles. The van der Waals surface area contributed by atoms with Gasteiger partial charge in [0, 0.05) is 13.0 Å². The molecule has 6 N–H and O–H groups in total. The van der Waals surface area contributed by atoms with E-state index in [9.17, 15) is 39.8 Å². The Hall–Kier alpha value is -1.96. The second-order valence-corrected chi connectivity index (χ2v) is 19.8. The summed E-state index contributed by atoms with van der Waals surface area (Å²) in [6, 6.07) is 0. The van der Waals surface area contributed by atoms with Crippen molar-refractivity contribution in [2.24, 2.45) is 0 Å². The molecule has 0 radical (unpaired) electrons. The van der Waals surface area contributed by atoms with Crippen molar-refractivity contribution >= 4 is 13.8 Å². The minimum Gasteiger partial charge on any atom is -0.457 e. The topological polar surface area (TPSA) is 192 Å². The van der Waals surface area contributed by atoms with Gasteiger partial charge in [-0.05, 0) is 57.8 Å². The largest absolute Gasteiger partial charge is 0.472 e. The number of esters is 1. The van der Waals surface area contributed by atoms with E-state index in [0.717, 1.165) is 70.6 Å². The molecule has 1 aliphatic rings. The Morgan fingerprint density at radius 3 is 1.31 bits per heavy atom. The van der Waals surface area contributed by atoms with Crippen molar-refractivity contribution < 1.29 is 58.3 Å². The maximum Gasteiger partial charge on any atom is 0.472 e. The molecule has 1 fully saturated rings. The fourth-order valence-electron chi connectivity index (χ4n) is 7.97. The molecule has 6 atom stereocenters. The Morgan fingerprint density at radius 2 is 0.881 bits per heavy atom. The van der Waals surface area contributed by atoms with E-state index in [2.05, 4.69) is 74.6 Å². The van der Waals surface area contributed by atoms with Gasteiger partial charge in [-0.15, -0.1) is 0 Å². The second-order valence-electron chi connectivity index (χ2n) is 18.4. The lowest BCUT2D eigenvalue weighted by Gasteiger charge is -2.41. The summed E-state index contributed by atoms with van der Waals surface area (Å²) in [5.74, 6) is -0.490. The van der Waals surface area contributed by atoms with Crippen LogP contribution in [0.3, 0.4) is 0 Å². The van der Waals surface area contributed by atoms with Gasteiger partial charge in [0.1, 0.15) is 42.7 Å². The summed E-state index contributed by atoms with van der Waals surface area (Å²) >= 11 is 0. The van der Waals surface area contributed by atoms with Crippen molar-refractivity contribution in [2.45, 2.75) is 256 Å². The lowest BCUT2D eigenvalue weighted by molar-refractivity contribution is -0.220. The number of ether oxygens (including phenoxy) is 2. The zero-order valence-corrected chi connectivity index (χ0v) is 42.8. The van der Waals surface area contributed by atoms with Gasteiger partial charge >= 0.3 is 13.8 Å². The highest BCUT2D eigenvalue weighted by atomic mass is 31.2. The molecule has 0 aromatic carbocycles. The van der Waals surface area contributed by atoms with E-state index in [-0.39, 0.29) is 13.0 Å². The minimum atomic E-state index is -5.04. The Morgan fingerprint density at radius 1 is 0.493 bits per heavy atom. The first-order chi connectivity index (χ1) is 32.5. The molecule has 0 bridgehead atoms. The number of hydrogen-bond acceptors (Lipinski definition) is 11. The van der Waals surface area contributed by atoms with Crippen LogP contribution in [0.25, 0.3) is 0 Å². The third kappa shape index (κ3) is 35.7. The van der Waals surface area contributed by atoms with E-state index in [1.165, 1.54) is 116 Å². The SMILES string of the molecule is CC/C=C\C/C=C\C/C=C\C/C=C\C/C=C\CCCCOCC(COP(=O)(O)OC1C(O)C(O)C(O)C(O)C1O)OC(=O)CCCCCCCCCCCCCCCCCCCCCCCC. The standard InChI is InChI=1S/C54H97O12P/c1-3-5-7-9-11-13-15-17-19-21-23-24-25-26-27-29-31-33-35-37-39-41-43-48(55)65-47(46-64-67(61,62)66-54-52(59)50(57)49(56)51(58)53(54)60)45-63-44-42-40-38-36-34-32-30-28-22-20-18-16-14-12-10-8-6-4-2/h6,8,12,14,18,20,28,30,34,36,47,49-54,56-60H,3-5,7,9-11,13,15-17,19,21-27,29,31-33,35,37-46H2,1-2H3,(H,61,62)/b8-6-,14-12-,20-18-,30-28-,36-34-. The number of carbonyl (C=O) groups is 1. The number of rotatable bonds is 45. The van der Waals surface area contributed by atoms with Crippen LogP contribution < -0.4 is 0 Å². The van der Waals surface area contributed by atoms with Gasteiger partial charge in [-0.1, -0.05) is 209 Å². The number of allylic oxidation sites excluding steroid dienone is 10.